The maximum atomic E-state index is 12.4. The lowest BCUT2D eigenvalue weighted by Gasteiger charge is -2.18. The molecule has 0 fully saturated rings. The third-order valence-corrected chi connectivity index (χ3v) is 4.60. The van der Waals surface area contributed by atoms with E-state index in [9.17, 15) is 8.42 Å². The molecule has 0 spiro atoms. The van der Waals surface area contributed by atoms with Crippen molar-refractivity contribution in [3.05, 3.63) is 41.5 Å². The monoisotopic (exact) mass is 311 g/mol. The van der Waals surface area contributed by atoms with Gasteiger partial charge in [0.05, 0.1) is 11.5 Å². The zero-order chi connectivity index (χ0) is 16.0. The zero-order valence-corrected chi connectivity index (χ0v) is 13.9. The van der Waals surface area contributed by atoms with Crippen molar-refractivity contribution < 1.29 is 13.5 Å². The van der Waals surface area contributed by atoms with Crippen LogP contribution in [0.2, 0.25) is 0 Å². The summed E-state index contributed by atoms with van der Waals surface area (Å²) < 4.78 is 27.5. The average Bonchev–Trinajstić information content (AvgIpc) is 2.37. The fourth-order valence-electron chi connectivity index (χ4n) is 2.04. The van der Waals surface area contributed by atoms with Gasteiger partial charge < -0.3 is 5.11 Å². The Kier molecular flexibility index (Phi) is 6.58. The summed E-state index contributed by atoms with van der Waals surface area (Å²) in [5.74, 6) is 0.346. The van der Waals surface area contributed by atoms with E-state index in [1.54, 1.807) is 37.3 Å². The first-order valence-corrected chi connectivity index (χ1v) is 8.60. The van der Waals surface area contributed by atoms with Gasteiger partial charge >= 0.3 is 0 Å². The summed E-state index contributed by atoms with van der Waals surface area (Å²) in [6.07, 6.45) is 2.47. The predicted molar refractivity (Wildman–Crippen MR) is 85.6 cm³/mol. The van der Waals surface area contributed by atoms with Crippen molar-refractivity contribution in [3.8, 4) is 0 Å². The molecule has 1 aromatic rings. The highest BCUT2D eigenvalue weighted by Crippen LogP contribution is 2.14. The van der Waals surface area contributed by atoms with Gasteiger partial charge in [0.1, 0.15) is 0 Å². The number of hydrogen-bond acceptors (Lipinski definition) is 3. The van der Waals surface area contributed by atoms with Gasteiger partial charge in [0.2, 0.25) is 10.0 Å². The van der Waals surface area contributed by atoms with Crippen LogP contribution < -0.4 is 4.72 Å². The summed E-state index contributed by atoms with van der Waals surface area (Å²) in [4.78, 5) is 0.261. The Labute approximate surface area is 127 Å². The van der Waals surface area contributed by atoms with Crippen LogP contribution in [0.4, 0.5) is 0 Å². The second-order valence-electron chi connectivity index (χ2n) is 5.84. The Bertz CT molecular complexity index is 574. The number of nitrogens with one attached hydrogen (secondary N) is 1. The van der Waals surface area contributed by atoms with Crippen LogP contribution >= 0.6 is 0 Å². The van der Waals surface area contributed by atoms with Gasteiger partial charge in [-0.1, -0.05) is 43.2 Å². The molecule has 21 heavy (non-hydrogen) atoms. The molecule has 0 aromatic heterocycles. The van der Waals surface area contributed by atoms with Gasteiger partial charge in [0.15, 0.2) is 0 Å². The van der Waals surface area contributed by atoms with Crippen LogP contribution in [0, 0.1) is 12.8 Å². The number of aliphatic hydroxyl groups excluding tert-OH is 1. The van der Waals surface area contributed by atoms with Crippen molar-refractivity contribution in [3.63, 3.8) is 0 Å². The van der Waals surface area contributed by atoms with Gasteiger partial charge in [-0.15, -0.1) is 0 Å². The van der Waals surface area contributed by atoms with E-state index in [4.69, 9.17) is 5.11 Å². The van der Waals surface area contributed by atoms with E-state index < -0.39 is 10.0 Å². The number of sulfonamides is 1. The van der Waals surface area contributed by atoms with E-state index in [-0.39, 0.29) is 17.5 Å². The molecule has 1 rings (SSSR count). The highest BCUT2D eigenvalue weighted by Gasteiger charge is 2.19. The molecule has 0 aliphatic heterocycles. The van der Waals surface area contributed by atoms with Crippen LogP contribution in [-0.4, -0.2) is 26.2 Å². The molecule has 0 saturated carbocycles. The molecular weight excluding hydrogens is 286 g/mol. The summed E-state index contributed by atoms with van der Waals surface area (Å²) in [6.45, 7) is 7.71. The molecule has 0 heterocycles. The highest BCUT2D eigenvalue weighted by molar-refractivity contribution is 7.89. The van der Waals surface area contributed by atoms with Crippen LogP contribution in [0.5, 0.6) is 0 Å². The fraction of sp³-hybridized carbons (Fsp3) is 0.500. The molecular formula is C16H25NO3S. The van der Waals surface area contributed by atoms with E-state index in [0.29, 0.717) is 12.3 Å². The molecule has 1 aromatic carbocycles. The summed E-state index contributed by atoms with van der Waals surface area (Å²) >= 11 is 0. The number of aliphatic hydroxyl groups is 1. The standard InChI is InChI=1S/C16H25NO3S/c1-12(2)9-15(10-14(4)11-18)17-21(19,20)16-7-5-13(3)6-8-16/h5-8,10,12,15,17-18H,9,11H2,1-4H3/b14-10+/t15-/m0/s1. The van der Waals surface area contributed by atoms with Gasteiger partial charge in [-0.05, 0) is 38.3 Å². The lowest BCUT2D eigenvalue weighted by atomic mass is 10.0. The van der Waals surface area contributed by atoms with E-state index in [1.807, 2.05) is 20.8 Å². The van der Waals surface area contributed by atoms with Crippen molar-refractivity contribution in [2.75, 3.05) is 6.61 Å². The lowest BCUT2D eigenvalue weighted by Crippen LogP contribution is -2.34. The van der Waals surface area contributed by atoms with Crippen LogP contribution in [0.25, 0.3) is 0 Å². The number of hydrogen-bond donors (Lipinski definition) is 2. The minimum absolute atomic E-state index is 0.0686. The third-order valence-electron chi connectivity index (χ3n) is 3.10. The minimum Gasteiger partial charge on any atom is -0.392 e. The normalized spacial score (nSPS) is 14.5. The Morgan fingerprint density at radius 1 is 1.29 bits per heavy atom. The molecule has 2 N–H and O–H groups in total. The van der Waals surface area contributed by atoms with E-state index in [0.717, 1.165) is 11.1 Å². The topological polar surface area (TPSA) is 66.4 Å². The van der Waals surface area contributed by atoms with Crippen molar-refractivity contribution in [1.29, 1.82) is 0 Å². The Hall–Kier alpha value is -1.17. The lowest BCUT2D eigenvalue weighted by molar-refractivity contribution is 0.330. The van der Waals surface area contributed by atoms with Gasteiger partial charge in [-0.3, -0.25) is 0 Å². The Morgan fingerprint density at radius 3 is 2.33 bits per heavy atom. The quantitative estimate of drug-likeness (QED) is 0.761. The molecule has 1 atom stereocenters. The SMILES string of the molecule is C/C(=C\[C@H](CC(C)C)NS(=O)(=O)c1ccc(C)cc1)CO. The smallest absolute Gasteiger partial charge is 0.241 e. The second-order valence-corrected chi connectivity index (χ2v) is 7.56. The van der Waals surface area contributed by atoms with Gasteiger partial charge in [0.25, 0.3) is 0 Å². The molecule has 0 unspecified atom stereocenters. The highest BCUT2D eigenvalue weighted by atomic mass is 32.2. The van der Waals surface area contributed by atoms with E-state index in [2.05, 4.69) is 4.72 Å². The summed E-state index contributed by atoms with van der Waals surface area (Å²) in [5, 5.41) is 9.12. The number of aryl methyl sites for hydroxylation is 1. The Morgan fingerprint density at radius 2 is 1.86 bits per heavy atom. The fourth-order valence-corrected chi connectivity index (χ4v) is 3.23. The first kappa shape index (κ1) is 17.9. The molecule has 0 radical (unpaired) electrons. The first-order chi connectivity index (χ1) is 9.74. The molecule has 0 saturated heterocycles. The summed E-state index contributed by atoms with van der Waals surface area (Å²) in [7, 11) is -3.55. The van der Waals surface area contributed by atoms with Crippen LogP contribution in [0.3, 0.4) is 0 Å². The Balaban J connectivity index is 2.98. The third kappa shape index (κ3) is 5.99. The van der Waals surface area contributed by atoms with Crippen LogP contribution in [0.15, 0.2) is 40.8 Å². The van der Waals surface area contributed by atoms with Crippen molar-refractivity contribution in [2.24, 2.45) is 5.92 Å². The number of benzene rings is 1. The summed E-state index contributed by atoms with van der Waals surface area (Å²) in [6, 6.07) is 6.45. The van der Waals surface area contributed by atoms with Crippen LogP contribution in [0.1, 0.15) is 32.8 Å². The molecule has 0 aliphatic carbocycles. The van der Waals surface area contributed by atoms with Gasteiger partial charge in [0, 0.05) is 6.04 Å². The van der Waals surface area contributed by atoms with Crippen molar-refractivity contribution >= 4 is 10.0 Å². The predicted octanol–water partition coefficient (Wildman–Crippen LogP) is 2.63. The largest absolute Gasteiger partial charge is 0.392 e. The van der Waals surface area contributed by atoms with Gasteiger partial charge in [-0.2, -0.15) is 0 Å². The molecule has 0 amide bonds. The van der Waals surface area contributed by atoms with E-state index >= 15 is 0 Å². The maximum Gasteiger partial charge on any atom is 0.241 e. The zero-order valence-electron chi connectivity index (χ0n) is 13.1. The molecule has 5 heteroatoms. The molecule has 0 bridgehead atoms. The van der Waals surface area contributed by atoms with Crippen molar-refractivity contribution in [1.82, 2.24) is 4.72 Å². The van der Waals surface area contributed by atoms with Crippen molar-refractivity contribution in [2.45, 2.75) is 45.1 Å². The molecule has 4 nitrogen and oxygen atoms in total. The number of rotatable bonds is 7. The summed E-state index contributed by atoms with van der Waals surface area (Å²) in [5.41, 5.74) is 1.77. The van der Waals surface area contributed by atoms with Crippen LogP contribution in [-0.2, 0) is 10.0 Å². The first-order valence-electron chi connectivity index (χ1n) is 7.11. The minimum atomic E-state index is -3.55. The van der Waals surface area contributed by atoms with Gasteiger partial charge in [-0.25, -0.2) is 13.1 Å². The second kappa shape index (κ2) is 7.73. The van der Waals surface area contributed by atoms with E-state index in [1.165, 1.54) is 0 Å². The molecule has 118 valence electrons. The molecule has 0 aliphatic rings. The maximum absolute atomic E-state index is 12.4. The average molecular weight is 311 g/mol.